The van der Waals surface area contributed by atoms with Gasteiger partial charge in [0.25, 0.3) is 5.91 Å². The summed E-state index contributed by atoms with van der Waals surface area (Å²) in [6.45, 7) is 4.31. The van der Waals surface area contributed by atoms with Crippen molar-refractivity contribution in [1.82, 2.24) is 14.9 Å². The molecule has 2 heterocycles. The van der Waals surface area contributed by atoms with E-state index in [9.17, 15) is 27.6 Å². The maximum atomic E-state index is 15.0. The largest absolute Gasteiger partial charge is 0.493 e. The monoisotopic (exact) mass is 699 g/mol. The van der Waals surface area contributed by atoms with Gasteiger partial charge >= 0.3 is 18.2 Å². The van der Waals surface area contributed by atoms with Crippen LogP contribution in [0.25, 0.3) is 10.9 Å². The Morgan fingerprint density at radius 2 is 1.80 bits per heavy atom. The average molecular weight is 700 g/mol. The van der Waals surface area contributed by atoms with Gasteiger partial charge in [0.15, 0.2) is 6.04 Å². The smallest absolute Gasteiger partial charge is 0.492 e. The molecule has 0 bridgehead atoms. The number of alkyl halides is 3. The Morgan fingerprint density at radius 1 is 1.08 bits per heavy atom. The lowest BCUT2D eigenvalue weighted by molar-refractivity contribution is -0.233. The molecule has 3 aromatic carbocycles. The van der Waals surface area contributed by atoms with Crippen molar-refractivity contribution in [3.8, 4) is 5.75 Å². The summed E-state index contributed by atoms with van der Waals surface area (Å²) in [7, 11) is 3.79. The van der Waals surface area contributed by atoms with Gasteiger partial charge in [0.2, 0.25) is 0 Å². The number of hydrogen-bond donors (Lipinski definition) is 2. The summed E-state index contributed by atoms with van der Waals surface area (Å²) in [5.74, 6) is -4.29. The van der Waals surface area contributed by atoms with Crippen molar-refractivity contribution in [3.05, 3.63) is 89.1 Å². The van der Waals surface area contributed by atoms with Crippen LogP contribution in [0.5, 0.6) is 5.75 Å². The standard InChI is InChI=1S/C35H37ClF3N5O5/c1-5-48-30-13-9-8-12-28(30)41-34(47)44(49-33(46)35(37,38)39)31(21(2)26-18-40-27-11-7-6-10-25(26)27)32(45)43-20-22(19-42(3)4)16-23-17-24(36)14-15-29(23)43/h6-15,17-18,21-22,31,40H,5,16,19-20H2,1-4H3,(H,41,47)/t21?,22-,31?/m1/s1. The molecule has 0 saturated heterocycles. The van der Waals surface area contributed by atoms with E-state index in [1.165, 1.54) is 11.0 Å². The van der Waals surface area contributed by atoms with Crippen molar-refractivity contribution in [2.45, 2.75) is 38.4 Å². The molecule has 3 atom stereocenters. The number of hydrogen-bond acceptors (Lipinski definition) is 6. The van der Waals surface area contributed by atoms with Crippen LogP contribution in [0, 0.1) is 5.92 Å². The molecule has 2 N–H and O–H groups in total. The Hall–Kier alpha value is -4.75. The van der Waals surface area contributed by atoms with Crippen LogP contribution in [0.1, 0.15) is 30.9 Å². The molecule has 0 aliphatic carbocycles. The fourth-order valence-electron chi connectivity index (χ4n) is 6.27. The molecular weight excluding hydrogens is 663 g/mol. The molecule has 0 saturated carbocycles. The van der Waals surface area contributed by atoms with Crippen molar-refractivity contribution in [2.75, 3.05) is 44.0 Å². The number of anilines is 2. The van der Waals surface area contributed by atoms with Gasteiger partial charge in [-0.1, -0.05) is 48.9 Å². The van der Waals surface area contributed by atoms with Gasteiger partial charge in [0.1, 0.15) is 5.75 Å². The molecule has 1 aromatic heterocycles. The van der Waals surface area contributed by atoms with Gasteiger partial charge in [-0.2, -0.15) is 13.2 Å². The minimum atomic E-state index is -5.48. The Kier molecular flexibility index (Phi) is 10.7. The number of fused-ring (bicyclic) bond motifs is 2. The number of urea groups is 1. The van der Waals surface area contributed by atoms with Crippen LogP contribution >= 0.6 is 11.6 Å². The number of carbonyl (C=O) groups is 3. The van der Waals surface area contributed by atoms with E-state index in [0.717, 1.165) is 5.56 Å². The van der Waals surface area contributed by atoms with E-state index in [4.69, 9.17) is 21.2 Å². The van der Waals surface area contributed by atoms with E-state index in [2.05, 4.69) is 10.3 Å². The van der Waals surface area contributed by atoms with E-state index in [-0.39, 0.29) is 35.6 Å². The molecule has 0 radical (unpaired) electrons. The first-order valence-electron chi connectivity index (χ1n) is 15.7. The number of rotatable bonds is 9. The summed E-state index contributed by atoms with van der Waals surface area (Å²) in [4.78, 5) is 53.0. The van der Waals surface area contributed by atoms with Crippen LogP contribution in [-0.4, -0.2) is 78.9 Å². The van der Waals surface area contributed by atoms with Gasteiger partial charge in [-0.05, 0) is 80.9 Å². The molecule has 5 rings (SSSR count). The maximum Gasteiger partial charge on any atom is 0.493 e. The number of aromatic nitrogens is 1. The molecule has 2 unspecified atom stereocenters. The third-order valence-electron chi connectivity index (χ3n) is 8.30. The number of para-hydroxylation sites is 3. The molecule has 49 heavy (non-hydrogen) atoms. The summed E-state index contributed by atoms with van der Waals surface area (Å²) >= 11 is 6.34. The van der Waals surface area contributed by atoms with Crippen molar-refractivity contribution in [3.63, 3.8) is 0 Å². The summed E-state index contributed by atoms with van der Waals surface area (Å²) < 4.78 is 47.0. The quantitative estimate of drug-likeness (QED) is 0.182. The highest BCUT2D eigenvalue weighted by Crippen LogP contribution is 2.37. The number of hydroxylamine groups is 2. The minimum Gasteiger partial charge on any atom is -0.492 e. The van der Waals surface area contributed by atoms with Gasteiger partial charge in [-0.25, -0.2) is 9.59 Å². The molecule has 3 amide bonds. The molecule has 1 aliphatic rings. The predicted molar refractivity (Wildman–Crippen MR) is 181 cm³/mol. The van der Waals surface area contributed by atoms with Crippen molar-refractivity contribution >= 4 is 51.8 Å². The lowest BCUT2D eigenvalue weighted by atomic mass is 9.88. The molecule has 1 aliphatic heterocycles. The zero-order valence-electron chi connectivity index (χ0n) is 27.4. The summed E-state index contributed by atoms with van der Waals surface area (Å²) in [6, 6.07) is 15.4. The number of benzene rings is 3. The minimum absolute atomic E-state index is 0.0907. The highest BCUT2D eigenvalue weighted by molar-refractivity contribution is 6.30. The summed E-state index contributed by atoms with van der Waals surface area (Å²) in [5, 5.41) is 3.84. The number of carbonyl (C=O) groups excluding carboxylic acids is 3. The van der Waals surface area contributed by atoms with E-state index < -0.39 is 36.0 Å². The lowest BCUT2D eigenvalue weighted by Gasteiger charge is -2.40. The zero-order chi connectivity index (χ0) is 35.5. The van der Waals surface area contributed by atoms with Gasteiger partial charge in [0.05, 0.1) is 12.3 Å². The Labute approximate surface area is 286 Å². The molecule has 10 nitrogen and oxygen atoms in total. The maximum absolute atomic E-state index is 15.0. The van der Waals surface area contributed by atoms with Crippen LogP contribution in [0.4, 0.5) is 29.3 Å². The summed E-state index contributed by atoms with van der Waals surface area (Å²) in [6.07, 6.45) is -3.27. The van der Waals surface area contributed by atoms with Gasteiger partial charge in [0, 0.05) is 46.8 Å². The van der Waals surface area contributed by atoms with Gasteiger partial charge in [-0.15, -0.1) is 5.06 Å². The zero-order valence-corrected chi connectivity index (χ0v) is 28.1. The predicted octanol–water partition coefficient (Wildman–Crippen LogP) is 7.01. The number of halogens is 4. The van der Waals surface area contributed by atoms with E-state index in [1.54, 1.807) is 80.7 Å². The van der Waals surface area contributed by atoms with Crippen LogP contribution in [0.3, 0.4) is 0 Å². The average Bonchev–Trinajstić information content (AvgIpc) is 3.48. The summed E-state index contributed by atoms with van der Waals surface area (Å²) in [5.41, 5.74) is 2.56. The molecule has 14 heteroatoms. The third-order valence-corrected chi connectivity index (χ3v) is 8.54. The highest BCUT2D eigenvalue weighted by Gasteiger charge is 2.48. The number of amides is 3. The first-order valence-corrected chi connectivity index (χ1v) is 16.1. The van der Waals surface area contributed by atoms with Gasteiger partial charge < -0.3 is 29.7 Å². The molecule has 4 aromatic rings. The second-order valence-electron chi connectivity index (χ2n) is 12.1. The fraction of sp³-hybridized carbons (Fsp3) is 0.343. The van der Waals surface area contributed by atoms with E-state index in [0.29, 0.717) is 40.1 Å². The molecule has 0 spiro atoms. The number of nitrogens with zero attached hydrogens (tertiary/aromatic N) is 3. The molecule has 0 fully saturated rings. The second kappa shape index (κ2) is 14.8. The Balaban J connectivity index is 1.66. The van der Waals surface area contributed by atoms with Crippen LogP contribution < -0.4 is 15.0 Å². The third kappa shape index (κ3) is 7.94. The normalized spacial score (nSPS) is 15.8. The Bertz CT molecular complexity index is 1830. The molecular formula is C35H37ClF3N5O5. The highest BCUT2D eigenvalue weighted by atomic mass is 35.5. The van der Waals surface area contributed by atoms with Crippen molar-refractivity contribution in [1.29, 1.82) is 0 Å². The first kappa shape index (κ1) is 35.6. The Morgan fingerprint density at radius 3 is 2.51 bits per heavy atom. The lowest BCUT2D eigenvalue weighted by Crippen LogP contribution is -2.57. The molecule has 260 valence electrons. The fourth-order valence-corrected chi connectivity index (χ4v) is 6.46. The second-order valence-corrected chi connectivity index (χ2v) is 12.6. The number of H-pyrrole nitrogens is 1. The number of aromatic amines is 1. The SMILES string of the molecule is CCOc1ccccc1NC(=O)N(OC(=O)C(F)(F)F)C(C(=O)N1C[C@@H](CN(C)C)Cc2cc(Cl)ccc21)C(C)c1c[nH]c2ccccc12. The van der Waals surface area contributed by atoms with Gasteiger partial charge in [-0.3, -0.25) is 4.79 Å². The van der Waals surface area contributed by atoms with Crippen LogP contribution in [0.2, 0.25) is 5.02 Å². The topological polar surface area (TPSA) is 107 Å². The van der Waals surface area contributed by atoms with Crippen LogP contribution in [-0.2, 0) is 20.8 Å². The van der Waals surface area contributed by atoms with E-state index in [1.807, 2.05) is 19.0 Å². The van der Waals surface area contributed by atoms with Crippen molar-refractivity contribution in [2.24, 2.45) is 5.92 Å². The van der Waals surface area contributed by atoms with E-state index >= 15 is 0 Å². The number of nitrogens with one attached hydrogen (secondary N) is 2. The first-order chi connectivity index (χ1) is 23.3. The van der Waals surface area contributed by atoms with Crippen LogP contribution in [0.15, 0.2) is 72.9 Å². The number of ether oxygens (including phenoxy) is 1. The van der Waals surface area contributed by atoms with Crippen molar-refractivity contribution < 1.29 is 37.1 Å².